The van der Waals surface area contributed by atoms with Crippen molar-refractivity contribution in [3.63, 3.8) is 0 Å². The zero-order valence-electron chi connectivity index (χ0n) is 8.88. The van der Waals surface area contributed by atoms with E-state index in [1.54, 1.807) is 18.2 Å². The predicted molar refractivity (Wildman–Crippen MR) is 63.3 cm³/mol. The van der Waals surface area contributed by atoms with Crippen molar-refractivity contribution in [1.82, 2.24) is 5.32 Å². The highest BCUT2D eigenvalue weighted by molar-refractivity contribution is 6.33. The highest BCUT2D eigenvalue weighted by atomic mass is 35.5. The van der Waals surface area contributed by atoms with E-state index in [9.17, 15) is 4.79 Å². The molecule has 4 nitrogen and oxygen atoms in total. The Kier molecular flexibility index (Phi) is 4.77. The molecule has 0 fully saturated rings. The number of amides is 1. The van der Waals surface area contributed by atoms with Crippen molar-refractivity contribution in [2.45, 2.75) is 6.92 Å². The summed E-state index contributed by atoms with van der Waals surface area (Å²) in [4.78, 5) is 11.4. The van der Waals surface area contributed by atoms with Crippen molar-refractivity contribution in [3.05, 3.63) is 28.8 Å². The van der Waals surface area contributed by atoms with Crippen molar-refractivity contribution in [2.24, 2.45) is 0 Å². The summed E-state index contributed by atoms with van der Waals surface area (Å²) < 4.78 is 0. The maximum atomic E-state index is 11.4. The quantitative estimate of drug-likeness (QED) is 0.839. The molecule has 16 heavy (non-hydrogen) atoms. The molecule has 0 spiro atoms. The first-order valence-electron chi connectivity index (χ1n) is 4.87. The number of hydrogen-bond donors (Lipinski definition) is 2. The van der Waals surface area contributed by atoms with Crippen LogP contribution in [0.25, 0.3) is 0 Å². The number of anilines is 1. The van der Waals surface area contributed by atoms with Gasteiger partial charge in [-0.15, -0.1) is 0 Å². The van der Waals surface area contributed by atoms with Crippen molar-refractivity contribution >= 4 is 23.2 Å². The van der Waals surface area contributed by atoms with E-state index in [1.807, 2.05) is 13.0 Å². The Balaban J connectivity index is 2.73. The second-order valence-electron chi connectivity index (χ2n) is 3.13. The van der Waals surface area contributed by atoms with E-state index in [1.165, 1.54) is 0 Å². The summed E-state index contributed by atoms with van der Waals surface area (Å²) >= 11 is 5.89. The molecular weight excluding hydrogens is 226 g/mol. The highest BCUT2D eigenvalue weighted by Crippen LogP contribution is 2.22. The maximum absolute atomic E-state index is 11.4. The zero-order valence-corrected chi connectivity index (χ0v) is 9.64. The highest BCUT2D eigenvalue weighted by Gasteiger charge is 2.06. The number of likely N-dealkylation sites (N-methyl/N-ethyl adjacent to an activating group) is 1. The van der Waals surface area contributed by atoms with Gasteiger partial charge in [-0.25, -0.2) is 0 Å². The third kappa shape index (κ3) is 3.54. The molecule has 0 aliphatic heterocycles. The maximum Gasteiger partial charge on any atom is 0.238 e. The number of carbonyl (C=O) groups excluding carboxylic acids is 1. The molecular formula is C11H12ClN3O. The number of benzene rings is 1. The van der Waals surface area contributed by atoms with Crippen LogP contribution >= 0.6 is 11.6 Å². The molecule has 2 N–H and O–H groups in total. The first kappa shape index (κ1) is 12.5. The fourth-order valence-corrected chi connectivity index (χ4v) is 1.29. The number of nitrogens with zero attached hydrogens (tertiary/aromatic N) is 1. The van der Waals surface area contributed by atoms with Gasteiger partial charge in [-0.3, -0.25) is 4.79 Å². The van der Waals surface area contributed by atoms with Crippen molar-refractivity contribution < 1.29 is 4.79 Å². The van der Waals surface area contributed by atoms with Crippen LogP contribution in [0.15, 0.2) is 18.2 Å². The van der Waals surface area contributed by atoms with Gasteiger partial charge < -0.3 is 10.6 Å². The van der Waals surface area contributed by atoms with Crippen LogP contribution in [-0.2, 0) is 4.79 Å². The Morgan fingerprint density at radius 1 is 1.56 bits per heavy atom. The molecule has 84 valence electrons. The molecule has 1 amide bonds. The second kappa shape index (κ2) is 6.11. The fraction of sp³-hybridized carbons (Fsp3) is 0.273. The van der Waals surface area contributed by atoms with Crippen LogP contribution in [0.4, 0.5) is 5.69 Å². The van der Waals surface area contributed by atoms with E-state index in [4.69, 9.17) is 16.9 Å². The van der Waals surface area contributed by atoms with Gasteiger partial charge in [0.25, 0.3) is 0 Å². The van der Waals surface area contributed by atoms with Crippen LogP contribution in [0.1, 0.15) is 12.5 Å². The second-order valence-corrected chi connectivity index (χ2v) is 3.54. The Bertz CT molecular complexity index is 426. The summed E-state index contributed by atoms with van der Waals surface area (Å²) in [7, 11) is 0. The minimum absolute atomic E-state index is 0.182. The van der Waals surface area contributed by atoms with Crippen LogP contribution in [0.5, 0.6) is 0 Å². The Morgan fingerprint density at radius 2 is 2.31 bits per heavy atom. The molecule has 0 bridgehead atoms. The molecule has 0 heterocycles. The van der Waals surface area contributed by atoms with Gasteiger partial charge >= 0.3 is 0 Å². The molecule has 0 aromatic heterocycles. The molecule has 5 heteroatoms. The van der Waals surface area contributed by atoms with E-state index >= 15 is 0 Å². The molecule has 1 rings (SSSR count). The van der Waals surface area contributed by atoms with Gasteiger partial charge in [0.15, 0.2) is 0 Å². The minimum Gasteiger partial charge on any atom is -0.324 e. The van der Waals surface area contributed by atoms with E-state index < -0.39 is 0 Å². The van der Waals surface area contributed by atoms with Gasteiger partial charge in [-0.1, -0.05) is 18.5 Å². The van der Waals surface area contributed by atoms with Crippen molar-refractivity contribution in [3.8, 4) is 6.07 Å². The number of halogens is 1. The van der Waals surface area contributed by atoms with Crippen LogP contribution in [-0.4, -0.2) is 19.0 Å². The zero-order chi connectivity index (χ0) is 12.0. The topological polar surface area (TPSA) is 64.9 Å². The summed E-state index contributed by atoms with van der Waals surface area (Å²) in [6, 6.07) is 6.72. The molecule has 0 aliphatic rings. The lowest BCUT2D eigenvalue weighted by Gasteiger charge is -2.07. The van der Waals surface area contributed by atoms with Gasteiger partial charge in [0, 0.05) is 0 Å². The molecule has 0 atom stereocenters. The number of rotatable bonds is 4. The van der Waals surface area contributed by atoms with Gasteiger partial charge in [0.05, 0.1) is 28.9 Å². The van der Waals surface area contributed by atoms with E-state index in [-0.39, 0.29) is 12.5 Å². The SMILES string of the molecule is CCNCC(=O)Nc1cc(C#N)ccc1Cl. The number of nitrogens with one attached hydrogen (secondary N) is 2. The first-order valence-corrected chi connectivity index (χ1v) is 5.25. The summed E-state index contributed by atoms with van der Waals surface area (Å²) in [6.07, 6.45) is 0. The normalized spacial score (nSPS) is 9.56. The summed E-state index contributed by atoms with van der Waals surface area (Å²) in [5.74, 6) is -0.182. The van der Waals surface area contributed by atoms with Gasteiger partial charge in [-0.2, -0.15) is 5.26 Å². The Morgan fingerprint density at radius 3 is 2.94 bits per heavy atom. The molecule has 1 aromatic rings. The standard InChI is InChI=1S/C11H12ClN3O/c1-2-14-7-11(16)15-10-5-8(6-13)3-4-9(10)12/h3-5,14H,2,7H2,1H3,(H,15,16). The molecule has 0 unspecified atom stereocenters. The number of hydrogen-bond acceptors (Lipinski definition) is 3. The largest absolute Gasteiger partial charge is 0.324 e. The first-order chi connectivity index (χ1) is 7.67. The summed E-state index contributed by atoms with van der Waals surface area (Å²) in [5.41, 5.74) is 0.923. The lowest BCUT2D eigenvalue weighted by atomic mass is 10.2. The lowest BCUT2D eigenvalue weighted by Crippen LogP contribution is -2.27. The van der Waals surface area contributed by atoms with Crippen LogP contribution < -0.4 is 10.6 Å². The number of nitriles is 1. The lowest BCUT2D eigenvalue weighted by molar-refractivity contribution is -0.115. The van der Waals surface area contributed by atoms with E-state index in [2.05, 4.69) is 10.6 Å². The fourth-order valence-electron chi connectivity index (χ4n) is 1.12. The minimum atomic E-state index is -0.182. The summed E-state index contributed by atoms with van der Waals surface area (Å²) in [6.45, 7) is 2.86. The molecule has 1 aromatic carbocycles. The monoisotopic (exact) mass is 237 g/mol. The predicted octanol–water partition coefficient (Wildman–Crippen LogP) is 1.76. The van der Waals surface area contributed by atoms with Crippen LogP contribution in [0.3, 0.4) is 0 Å². The van der Waals surface area contributed by atoms with Gasteiger partial charge in [0.2, 0.25) is 5.91 Å². The molecule has 0 radical (unpaired) electrons. The van der Waals surface area contributed by atoms with E-state index in [0.29, 0.717) is 16.3 Å². The van der Waals surface area contributed by atoms with Gasteiger partial charge in [0.1, 0.15) is 0 Å². The van der Waals surface area contributed by atoms with Crippen LogP contribution in [0.2, 0.25) is 5.02 Å². The van der Waals surface area contributed by atoms with E-state index in [0.717, 1.165) is 6.54 Å². The Labute approximate surface area is 99.2 Å². The summed E-state index contributed by atoms with van der Waals surface area (Å²) in [5, 5.41) is 14.7. The third-order valence-corrected chi connectivity index (χ3v) is 2.23. The van der Waals surface area contributed by atoms with Gasteiger partial charge in [-0.05, 0) is 24.7 Å². The molecule has 0 saturated heterocycles. The average molecular weight is 238 g/mol. The number of carbonyl (C=O) groups is 1. The van der Waals surface area contributed by atoms with Crippen molar-refractivity contribution in [2.75, 3.05) is 18.4 Å². The molecule has 0 saturated carbocycles. The smallest absolute Gasteiger partial charge is 0.238 e. The Hall–Kier alpha value is -1.57. The molecule has 0 aliphatic carbocycles. The van der Waals surface area contributed by atoms with Crippen LogP contribution in [0, 0.1) is 11.3 Å². The third-order valence-electron chi connectivity index (χ3n) is 1.91. The van der Waals surface area contributed by atoms with Crippen molar-refractivity contribution in [1.29, 1.82) is 5.26 Å². The average Bonchev–Trinajstić information content (AvgIpc) is 2.29.